The number of hydrogen-bond donors (Lipinski definition) is 1. The summed E-state index contributed by atoms with van der Waals surface area (Å²) in [6.45, 7) is 4.02. The minimum Gasteiger partial charge on any atom is -0.338 e. The predicted octanol–water partition coefficient (Wildman–Crippen LogP) is 4.58. The van der Waals surface area contributed by atoms with Crippen LogP contribution >= 0.6 is 31.9 Å². The summed E-state index contributed by atoms with van der Waals surface area (Å²) in [7, 11) is 0. The second-order valence-electron chi connectivity index (χ2n) is 4.35. The molecule has 0 aliphatic rings. The third-order valence-electron chi connectivity index (χ3n) is 2.53. The molecule has 2 aromatic rings. The molecule has 0 saturated carbocycles. The van der Waals surface area contributed by atoms with Crippen molar-refractivity contribution in [3.63, 3.8) is 0 Å². The number of rotatable bonds is 3. The van der Waals surface area contributed by atoms with Crippen LogP contribution in [0.1, 0.15) is 35.8 Å². The molecule has 1 heterocycles. The van der Waals surface area contributed by atoms with Crippen LogP contribution in [-0.4, -0.2) is 11.1 Å². The number of benzene rings is 1. The molecule has 19 heavy (non-hydrogen) atoms. The van der Waals surface area contributed by atoms with Crippen LogP contribution in [0.2, 0.25) is 0 Å². The number of carbonyl (C=O) groups is 1. The molecule has 0 atom stereocenters. The average Bonchev–Trinajstić information content (AvgIpc) is 2.77. The molecular weight excluding hydrogens is 376 g/mol. The summed E-state index contributed by atoms with van der Waals surface area (Å²) in [5.41, 5.74) is 1.34. The summed E-state index contributed by atoms with van der Waals surface area (Å²) < 4.78 is 6.69. The van der Waals surface area contributed by atoms with Crippen LogP contribution in [0.15, 0.2) is 37.7 Å². The Morgan fingerprint density at radius 3 is 2.63 bits per heavy atom. The number of carbonyl (C=O) groups excluding carboxylic acids is 1. The van der Waals surface area contributed by atoms with Gasteiger partial charge in [0.2, 0.25) is 5.88 Å². The molecule has 0 aliphatic heterocycles. The zero-order valence-corrected chi connectivity index (χ0v) is 13.6. The molecular formula is C13H12Br2N2O2. The Kier molecular flexibility index (Phi) is 4.42. The summed E-state index contributed by atoms with van der Waals surface area (Å²) >= 11 is 6.69. The maximum absolute atomic E-state index is 12.1. The predicted molar refractivity (Wildman–Crippen MR) is 80.4 cm³/mol. The van der Waals surface area contributed by atoms with Gasteiger partial charge in [0.1, 0.15) is 0 Å². The number of nitrogens with zero attached hydrogens (tertiary/aromatic N) is 1. The summed E-state index contributed by atoms with van der Waals surface area (Å²) in [5.74, 6) is 0.364. The van der Waals surface area contributed by atoms with Crippen molar-refractivity contribution in [3.8, 4) is 0 Å². The highest BCUT2D eigenvalue weighted by atomic mass is 79.9. The van der Waals surface area contributed by atoms with Gasteiger partial charge >= 0.3 is 0 Å². The Morgan fingerprint density at radius 2 is 2.05 bits per heavy atom. The smallest absolute Gasteiger partial charge is 0.259 e. The van der Waals surface area contributed by atoms with E-state index < -0.39 is 0 Å². The van der Waals surface area contributed by atoms with E-state index in [9.17, 15) is 4.79 Å². The maximum atomic E-state index is 12.1. The average molecular weight is 388 g/mol. The normalized spacial score (nSPS) is 10.8. The van der Waals surface area contributed by atoms with Crippen molar-refractivity contribution in [2.45, 2.75) is 19.8 Å². The molecule has 0 aliphatic carbocycles. The molecule has 0 fully saturated rings. The lowest BCUT2D eigenvalue weighted by molar-refractivity contribution is 0.102. The van der Waals surface area contributed by atoms with Crippen LogP contribution in [0.3, 0.4) is 0 Å². The number of aromatic nitrogens is 1. The van der Waals surface area contributed by atoms with Gasteiger partial charge in [-0.3, -0.25) is 10.1 Å². The van der Waals surface area contributed by atoms with E-state index in [-0.39, 0.29) is 11.8 Å². The van der Waals surface area contributed by atoms with Gasteiger partial charge in [-0.2, -0.15) is 0 Å². The number of halogens is 2. The third kappa shape index (κ3) is 3.45. The van der Waals surface area contributed by atoms with Gasteiger partial charge in [0.25, 0.3) is 5.91 Å². The fourth-order valence-electron chi connectivity index (χ4n) is 1.47. The number of anilines is 1. The van der Waals surface area contributed by atoms with Gasteiger partial charge in [0, 0.05) is 15.0 Å². The highest BCUT2D eigenvalue weighted by molar-refractivity contribution is 9.11. The first kappa shape index (κ1) is 14.3. The largest absolute Gasteiger partial charge is 0.338 e. The topological polar surface area (TPSA) is 55.1 Å². The van der Waals surface area contributed by atoms with E-state index in [0.29, 0.717) is 15.9 Å². The molecule has 1 amide bonds. The second-order valence-corrected chi connectivity index (χ2v) is 6.12. The lowest BCUT2D eigenvalue weighted by Gasteiger charge is -2.04. The van der Waals surface area contributed by atoms with Gasteiger partial charge < -0.3 is 4.52 Å². The summed E-state index contributed by atoms with van der Waals surface area (Å²) in [6, 6.07) is 7.08. The first-order chi connectivity index (χ1) is 8.97. The lowest BCUT2D eigenvalue weighted by Crippen LogP contribution is -2.11. The maximum Gasteiger partial charge on any atom is 0.259 e. The zero-order valence-electron chi connectivity index (χ0n) is 10.4. The molecule has 1 aromatic carbocycles. The Balaban J connectivity index is 2.16. The van der Waals surface area contributed by atoms with Crippen LogP contribution in [0.5, 0.6) is 0 Å². The molecule has 0 saturated heterocycles. The number of hydrogen-bond acceptors (Lipinski definition) is 3. The first-order valence-corrected chi connectivity index (χ1v) is 7.29. The fraction of sp³-hybridized carbons (Fsp3) is 0.231. The molecule has 1 aromatic heterocycles. The molecule has 6 heteroatoms. The van der Waals surface area contributed by atoms with E-state index >= 15 is 0 Å². The summed E-state index contributed by atoms with van der Waals surface area (Å²) in [5, 5.41) is 6.57. The SMILES string of the molecule is CC(C)c1cc(NC(=O)c2ccc(Br)cc2Br)on1. The van der Waals surface area contributed by atoms with Crippen LogP contribution in [0.4, 0.5) is 5.88 Å². The van der Waals surface area contributed by atoms with Crippen molar-refractivity contribution in [1.82, 2.24) is 5.16 Å². The minimum atomic E-state index is -0.245. The van der Waals surface area contributed by atoms with Crippen LogP contribution in [0, 0.1) is 0 Å². The highest BCUT2D eigenvalue weighted by Gasteiger charge is 2.14. The Hall–Kier alpha value is -1.14. The molecule has 100 valence electrons. The number of nitrogens with one attached hydrogen (secondary N) is 1. The van der Waals surface area contributed by atoms with Crippen molar-refractivity contribution in [2.75, 3.05) is 5.32 Å². The van der Waals surface area contributed by atoms with E-state index in [1.807, 2.05) is 19.9 Å². The Labute approximate surface area is 127 Å². The van der Waals surface area contributed by atoms with Crippen LogP contribution in [-0.2, 0) is 0 Å². The van der Waals surface area contributed by atoms with Gasteiger partial charge in [0.15, 0.2) is 0 Å². The molecule has 4 nitrogen and oxygen atoms in total. The molecule has 0 spiro atoms. The van der Waals surface area contributed by atoms with Gasteiger partial charge in [-0.15, -0.1) is 0 Å². The van der Waals surface area contributed by atoms with E-state index in [2.05, 4.69) is 42.3 Å². The van der Waals surface area contributed by atoms with Crippen molar-refractivity contribution in [2.24, 2.45) is 0 Å². The van der Waals surface area contributed by atoms with Gasteiger partial charge in [-0.05, 0) is 40.0 Å². The van der Waals surface area contributed by atoms with E-state index in [4.69, 9.17) is 4.52 Å². The summed E-state index contributed by atoms with van der Waals surface area (Å²) in [6.07, 6.45) is 0. The second kappa shape index (κ2) is 5.88. The monoisotopic (exact) mass is 386 g/mol. The molecule has 0 bridgehead atoms. The Morgan fingerprint density at radius 1 is 1.32 bits per heavy atom. The quantitative estimate of drug-likeness (QED) is 0.838. The summed E-state index contributed by atoms with van der Waals surface area (Å²) in [4.78, 5) is 12.1. The van der Waals surface area contributed by atoms with Gasteiger partial charge in [0.05, 0.1) is 11.3 Å². The van der Waals surface area contributed by atoms with Crippen molar-refractivity contribution < 1.29 is 9.32 Å². The lowest BCUT2D eigenvalue weighted by atomic mass is 10.1. The van der Waals surface area contributed by atoms with E-state index in [1.165, 1.54) is 0 Å². The van der Waals surface area contributed by atoms with E-state index in [0.717, 1.165) is 10.2 Å². The van der Waals surface area contributed by atoms with E-state index in [1.54, 1.807) is 18.2 Å². The zero-order chi connectivity index (χ0) is 14.0. The molecule has 0 unspecified atom stereocenters. The Bertz CT molecular complexity index is 608. The van der Waals surface area contributed by atoms with Crippen molar-refractivity contribution in [1.29, 1.82) is 0 Å². The number of amides is 1. The van der Waals surface area contributed by atoms with Gasteiger partial charge in [-0.1, -0.05) is 34.9 Å². The highest BCUT2D eigenvalue weighted by Crippen LogP contribution is 2.23. The third-order valence-corrected chi connectivity index (χ3v) is 3.68. The fourth-order valence-corrected chi connectivity index (χ4v) is 2.70. The first-order valence-electron chi connectivity index (χ1n) is 5.70. The molecule has 1 N–H and O–H groups in total. The van der Waals surface area contributed by atoms with Gasteiger partial charge in [-0.25, -0.2) is 0 Å². The standard InChI is InChI=1S/C13H12Br2N2O2/c1-7(2)11-6-12(19-17-11)16-13(18)9-4-3-8(14)5-10(9)15/h3-7H,1-2H3,(H,16,18). The molecule has 0 radical (unpaired) electrons. The van der Waals surface area contributed by atoms with Crippen LogP contribution < -0.4 is 5.32 Å². The minimum absolute atomic E-state index is 0.245. The molecule has 2 rings (SSSR count). The van der Waals surface area contributed by atoms with Crippen molar-refractivity contribution >= 4 is 43.7 Å². The van der Waals surface area contributed by atoms with Crippen LogP contribution in [0.25, 0.3) is 0 Å². The van der Waals surface area contributed by atoms with Crippen molar-refractivity contribution in [3.05, 3.63) is 44.5 Å².